The van der Waals surface area contributed by atoms with E-state index in [1.165, 1.54) is 11.3 Å². The summed E-state index contributed by atoms with van der Waals surface area (Å²) in [5.41, 5.74) is 8.23. The van der Waals surface area contributed by atoms with Crippen molar-refractivity contribution in [3.63, 3.8) is 0 Å². The van der Waals surface area contributed by atoms with Gasteiger partial charge in [-0.25, -0.2) is 0 Å². The first-order valence-corrected chi connectivity index (χ1v) is 4.95. The van der Waals surface area contributed by atoms with Crippen LogP contribution in [0.1, 0.15) is 23.6 Å². The summed E-state index contributed by atoms with van der Waals surface area (Å²) in [5, 5.41) is 0. The SMILES string of the molecule is NCC1CCc2ncc(Br)cc21. The largest absolute Gasteiger partial charge is 0.330 e. The molecule has 1 aromatic heterocycles. The molecule has 0 aromatic carbocycles. The second-order valence-electron chi connectivity index (χ2n) is 3.16. The van der Waals surface area contributed by atoms with E-state index >= 15 is 0 Å². The molecule has 2 rings (SSSR count). The average Bonchev–Trinajstić information content (AvgIpc) is 2.46. The molecule has 0 radical (unpaired) electrons. The van der Waals surface area contributed by atoms with Crippen LogP contribution in [-0.4, -0.2) is 11.5 Å². The molecule has 1 atom stereocenters. The van der Waals surface area contributed by atoms with Gasteiger partial charge in [0.05, 0.1) is 0 Å². The highest BCUT2D eigenvalue weighted by atomic mass is 79.9. The maximum Gasteiger partial charge on any atom is 0.0439 e. The average molecular weight is 227 g/mol. The Morgan fingerprint density at radius 3 is 3.25 bits per heavy atom. The van der Waals surface area contributed by atoms with Gasteiger partial charge in [0.15, 0.2) is 0 Å². The summed E-state index contributed by atoms with van der Waals surface area (Å²) in [6.45, 7) is 0.741. The van der Waals surface area contributed by atoms with Crippen molar-refractivity contribution in [3.8, 4) is 0 Å². The summed E-state index contributed by atoms with van der Waals surface area (Å²) in [6.07, 6.45) is 4.11. The van der Waals surface area contributed by atoms with Crippen LogP contribution in [-0.2, 0) is 6.42 Å². The van der Waals surface area contributed by atoms with Crippen molar-refractivity contribution >= 4 is 15.9 Å². The van der Waals surface area contributed by atoms with Crippen molar-refractivity contribution in [1.82, 2.24) is 4.98 Å². The third-order valence-corrected chi connectivity index (χ3v) is 2.86. The number of hydrogen-bond donors (Lipinski definition) is 1. The van der Waals surface area contributed by atoms with Crippen LogP contribution >= 0.6 is 15.9 Å². The Kier molecular flexibility index (Phi) is 2.15. The van der Waals surface area contributed by atoms with E-state index in [1.807, 2.05) is 6.20 Å². The molecule has 1 aromatic rings. The molecule has 1 aliphatic rings. The van der Waals surface area contributed by atoms with Crippen LogP contribution < -0.4 is 5.73 Å². The maximum absolute atomic E-state index is 5.66. The Labute approximate surface area is 80.3 Å². The number of aromatic nitrogens is 1. The molecule has 3 heteroatoms. The lowest BCUT2D eigenvalue weighted by atomic mass is 10.0. The Morgan fingerprint density at radius 2 is 2.50 bits per heavy atom. The Morgan fingerprint density at radius 1 is 1.67 bits per heavy atom. The van der Waals surface area contributed by atoms with Gasteiger partial charge in [-0.1, -0.05) is 0 Å². The summed E-state index contributed by atoms with van der Waals surface area (Å²) in [5.74, 6) is 0.532. The van der Waals surface area contributed by atoms with Crippen molar-refractivity contribution in [3.05, 3.63) is 28.0 Å². The molecule has 0 fully saturated rings. The van der Waals surface area contributed by atoms with Crippen molar-refractivity contribution in [2.45, 2.75) is 18.8 Å². The van der Waals surface area contributed by atoms with E-state index in [0.717, 1.165) is 23.9 Å². The van der Waals surface area contributed by atoms with Crippen LogP contribution in [0, 0.1) is 0 Å². The van der Waals surface area contributed by atoms with Gasteiger partial charge in [-0.2, -0.15) is 0 Å². The van der Waals surface area contributed by atoms with Gasteiger partial charge in [-0.3, -0.25) is 4.98 Å². The van der Waals surface area contributed by atoms with Crippen molar-refractivity contribution in [1.29, 1.82) is 0 Å². The van der Waals surface area contributed by atoms with Gasteiger partial charge in [0, 0.05) is 16.4 Å². The number of nitrogens with zero attached hydrogens (tertiary/aromatic N) is 1. The van der Waals surface area contributed by atoms with E-state index < -0.39 is 0 Å². The molecule has 0 spiro atoms. The predicted molar refractivity (Wildman–Crippen MR) is 52.1 cm³/mol. The number of fused-ring (bicyclic) bond motifs is 1. The molecule has 0 amide bonds. The molecule has 0 saturated carbocycles. The minimum absolute atomic E-state index is 0.532. The monoisotopic (exact) mass is 226 g/mol. The van der Waals surface area contributed by atoms with Gasteiger partial charge in [0.1, 0.15) is 0 Å². The number of aryl methyl sites for hydroxylation is 1. The Bertz CT molecular complexity index is 299. The van der Waals surface area contributed by atoms with E-state index in [2.05, 4.69) is 27.0 Å². The lowest BCUT2D eigenvalue weighted by Crippen LogP contribution is -2.09. The van der Waals surface area contributed by atoms with Gasteiger partial charge in [-0.05, 0) is 52.9 Å². The third-order valence-electron chi connectivity index (χ3n) is 2.42. The highest BCUT2D eigenvalue weighted by molar-refractivity contribution is 9.10. The molecular weight excluding hydrogens is 216 g/mol. The normalized spacial score (nSPS) is 21.0. The summed E-state index contributed by atoms with van der Waals surface area (Å²) in [7, 11) is 0. The fourth-order valence-corrected chi connectivity index (χ4v) is 2.11. The molecular formula is C9H11BrN2. The molecule has 0 bridgehead atoms. The van der Waals surface area contributed by atoms with Crippen molar-refractivity contribution in [2.24, 2.45) is 5.73 Å². The first-order valence-electron chi connectivity index (χ1n) is 4.15. The fraction of sp³-hybridized carbons (Fsp3) is 0.444. The quantitative estimate of drug-likeness (QED) is 0.794. The van der Waals surface area contributed by atoms with Crippen LogP contribution in [0.5, 0.6) is 0 Å². The maximum atomic E-state index is 5.66. The van der Waals surface area contributed by atoms with Crippen LogP contribution in [0.15, 0.2) is 16.7 Å². The number of nitrogens with two attached hydrogens (primary N) is 1. The predicted octanol–water partition coefficient (Wildman–Crippen LogP) is 1.83. The second kappa shape index (κ2) is 3.15. The Hall–Kier alpha value is -0.410. The zero-order valence-corrected chi connectivity index (χ0v) is 8.34. The van der Waals surface area contributed by atoms with E-state index in [9.17, 15) is 0 Å². The van der Waals surface area contributed by atoms with Crippen LogP contribution in [0.4, 0.5) is 0 Å². The van der Waals surface area contributed by atoms with E-state index in [0.29, 0.717) is 5.92 Å². The van der Waals surface area contributed by atoms with E-state index in [1.54, 1.807) is 0 Å². The highest BCUT2D eigenvalue weighted by Gasteiger charge is 2.21. The van der Waals surface area contributed by atoms with Crippen LogP contribution in [0.3, 0.4) is 0 Å². The zero-order valence-electron chi connectivity index (χ0n) is 6.76. The standard InChI is InChI=1S/C9H11BrN2/c10-7-3-8-6(4-11)1-2-9(8)12-5-7/h3,5-6H,1-2,4,11H2. The Balaban J connectivity index is 2.42. The van der Waals surface area contributed by atoms with Crippen LogP contribution in [0.25, 0.3) is 0 Å². The molecule has 2 nitrogen and oxygen atoms in total. The topological polar surface area (TPSA) is 38.9 Å². The van der Waals surface area contributed by atoms with E-state index in [-0.39, 0.29) is 0 Å². The number of halogens is 1. The molecule has 2 N–H and O–H groups in total. The van der Waals surface area contributed by atoms with Crippen molar-refractivity contribution < 1.29 is 0 Å². The second-order valence-corrected chi connectivity index (χ2v) is 4.08. The van der Waals surface area contributed by atoms with Gasteiger partial charge < -0.3 is 5.73 Å². The summed E-state index contributed by atoms with van der Waals surface area (Å²) in [4.78, 5) is 4.35. The molecule has 12 heavy (non-hydrogen) atoms. The molecule has 1 aliphatic carbocycles. The van der Waals surface area contributed by atoms with E-state index in [4.69, 9.17) is 5.73 Å². The summed E-state index contributed by atoms with van der Waals surface area (Å²) in [6, 6.07) is 2.15. The minimum Gasteiger partial charge on any atom is -0.330 e. The lowest BCUT2D eigenvalue weighted by Gasteiger charge is -2.06. The molecule has 0 saturated heterocycles. The van der Waals surface area contributed by atoms with Gasteiger partial charge in [0.2, 0.25) is 0 Å². The van der Waals surface area contributed by atoms with Gasteiger partial charge in [-0.15, -0.1) is 0 Å². The number of hydrogen-bond acceptors (Lipinski definition) is 2. The van der Waals surface area contributed by atoms with Gasteiger partial charge in [0.25, 0.3) is 0 Å². The lowest BCUT2D eigenvalue weighted by molar-refractivity contribution is 0.688. The molecule has 1 unspecified atom stereocenters. The number of rotatable bonds is 1. The van der Waals surface area contributed by atoms with Gasteiger partial charge >= 0.3 is 0 Å². The molecule has 1 heterocycles. The van der Waals surface area contributed by atoms with Crippen molar-refractivity contribution in [2.75, 3.05) is 6.54 Å². The minimum atomic E-state index is 0.532. The molecule has 0 aliphatic heterocycles. The zero-order chi connectivity index (χ0) is 8.55. The fourth-order valence-electron chi connectivity index (χ4n) is 1.76. The third kappa shape index (κ3) is 1.27. The first-order chi connectivity index (χ1) is 5.81. The summed E-state index contributed by atoms with van der Waals surface area (Å²) >= 11 is 3.42. The number of pyridine rings is 1. The summed E-state index contributed by atoms with van der Waals surface area (Å²) < 4.78 is 1.06. The molecule has 64 valence electrons. The smallest absolute Gasteiger partial charge is 0.0439 e. The highest BCUT2D eigenvalue weighted by Crippen LogP contribution is 2.32. The van der Waals surface area contributed by atoms with Crippen LogP contribution in [0.2, 0.25) is 0 Å². The first kappa shape index (κ1) is 8.20.